The maximum Gasteiger partial charge on any atom is 0.221 e. The average Bonchev–Trinajstić information content (AvgIpc) is 2.90. The second-order valence-electron chi connectivity index (χ2n) is 7.43. The second-order valence-corrected chi connectivity index (χ2v) is 7.43. The highest BCUT2D eigenvalue weighted by molar-refractivity contribution is 5.76. The average molecular weight is 382 g/mol. The number of nitrogens with zero attached hydrogens (tertiary/aromatic N) is 2. The van der Waals surface area contributed by atoms with E-state index in [9.17, 15) is 4.79 Å². The predicted octanol–water partition coefficient (Wildman–Crippen LogP) is 3.58. The highest BCUT2D eigenvalue weighted by Crippen LogP contribution is 2.26. The number of benzene rings is 1. The highest BCUT2D eigenvalue weighted by Gasteiger charge is 2.22. The number of nitrogens with one attached hydrogen (secondary N) is 1. The van der Waals surface area contributed by atoms with Gasteiger partial charge >= 0.3 is 0 Å². The molecule has 0 fully saturated rings. The van der Waals surface area contributed by atoms with E-state index in [1.165, 1.54) is 17.5 Å². The van der Waals surface area contributed by atoms with Crippen LogP contribution in [0.2, 0.25) is 0 Å². The number of pyridine rings is 1. The van der Waals surface area contributed by atoms with E-state index in [1.807, 2.05) is 18.2 Å². The van der Waals surface area contributed by atoms with Crippen LogP contribution in [0.25, 0.3) is 0 Å². The summed E-state index contributed by atoms with van der Waals surface area (Å²) in [7, 11) is 0. The Morgan fingerprint density at radius 1 is 1.25 bits per heavy atom. The fraction of sp³-hybridized carbons (Fsp3) is 0.478. The van der Waals surface area contributed by atoms with Crippen molar-refractivity contribution >= 4 is 5.91 Å². The number of hydrogen-bond acceptors (Lipinski definition) is 4. The highest BCUT2D eigenvalue weighted by atomic mass is 16.5. The van der Waals surface area contributed by atoms with Crippen LogP contribution in [0.1, 0.15) is 43.7 Å². The molecule has 5 heteroatoms. The van der Waals surface area contributed by atoms with E-state index in [-0.39, 0.29) is 12.0 Å². The quantitative estimate of drug-likeness (QED) is 0.721. The van der Waals surface area contributed by atoms with E-state index in [1.54, 1.807) is 12.4 Å². The largest absolute Gasteiger partial charge is 0.489 e. The summed E-state index contributed by atoms with van der Waals surface area (Å²) in [5.41, 5.74) is 2.40. The Morgan fingerprint density at radius 2 is 2.07 bits per heavy atom. The number of fused-ring (bicyclic) bond motifs is 1. The topological polar surface area (TPSA) is 54.5 Å². The van der Waals surface area contributed by atoms with Gasteiger partial charge in [0.2, 0.25) is 5.91 Å². The lowest BCUT2D eigenvalue weighted by atomic mass is 10.1. The van der Waals surface area contributed by atoms with Crippen molar-refractivity contribution in [2.24, 2.45) is 0 Å². The van der Waals surface area contributed by atoms with Crippen LogP contribution in [-0.2, 0) is 17.8 Å². The van der Waals surface area contributed by atoms with E-state index in [2.05, 4.69) is 40.3 Å². The van der Waals surface area contributed by atoms with Gasteiger partial charge in [-0.2, -0.15) is 0 Å². The SMILES string of the molecule is CCCCC1CN(CCC(=O)NCCc2ccncc2)Cc2ccccc2O1. The van der Waals surface area contributed by atoms with E-state index >= 15 is 0 Å². The molecule has 2 aromatic rings. The van der Waals surface area contributed by atoms with Gasteiger partial charge in [0.15, 0.2) is 0 Å². The number of para-hydroxylation sites is 1. The first-order valence-electron chi connectivity index (χ1n) is 10.4. The molecule has 3 rings (SSSR count). The molecule has 0 saturated heterocycles. The molecule has 0 saturated carbocycles. The summed E-state index contributed by atoms with van der Waals surface area (Å²) in [6.45, 7) is 5.33. The van der Waals surface area contributed by atoms with Crippen molar-refractivity contribution in [3.63, 3.8) is 0 Å². The van der Waals surface area contributed by atoms with Gasteiger partial charge in [-0.15, -0.1) is 0 Å². The Labute approximate surface area is 168 Å². The van der Waals surface area contributed by atoms with Crippen molar-refractivity contribution in [2.45, 2.75) is 51.7 Å². The minimum Gasteiger partial charge on any atom is -0.489 e. The summed E-state index contributed by atoms with van der Waals surface area (Å²) >= 11 is 0. The van der Waals surface area contributed by atoms with Gasteiger partial charge in [-0.3, -0.25) is 14.7 Å². The molecule has 5 nitrogen and oxygen atoms in total. The first-order valence-corrected chi connectivity index (χ1v) is 10.4. The first-order chi connectivity index (χ1) is 13.7. The molecule has 28 heavy (non-hydrogen) atoms. The second kappa shape index (κ2) is 10.8. The molecule has 0 aliphatic carbocycles. The Hall–Kier alpha value is -2.40. The summed E-state index contributed by atoms with van der Waals surface area (Å²) in [5.74, 6) is 1.10. The van der Waals surface area contributed by atoms with Gasteiger partial charge in [-0.05, 0) is 43.0 Å². The molecule has 2 heterocycles. The third kappa shape index (κ3) is 6.34. The van der Waals surface area contributed by atoms with Crippen molar-refractivity contribution in [3.8, 4) is 5.75 Å². The maximum atomic E-state index is 12.3. The molecule has 0 radical (unpaired) electrons. The van der Waals surface area contributed by atoms with Gasteiger partial charge in [0, 0.05) is 50.6 Å². The molecule has 1 aromatic carbocycles. The lowest BCUT2D eigenvalue weighted by Gasteiger charge is -2.23. The molecule has 1 atom stereocenters. The van der Waals surface area contributed by atoms with E-state index in [0.717, 1.165) is 44.6 Å². The number of hydrogen-bond donors (Lipinski definition) is 1. The molecular formula is C23H31N3O2. The fourth-order valence-electron chi connectivity index (χ4n) is 3.56. The van der Waals surface area contributed by atoms with Crippen molar-refractivity contribution in [1.82, 2.24) is 15.2 Å². The third-order valence-electron chi connectivity index (χ3n) is 5.14. The molecule has 0 spiro atoms. The predicted molar refractivity (Wildman–Crippen MR) is 111 cm³/mol. The van der Waals surface area contributed by atoms with E-state index in [0.29, 0.717) is 13.0 Å². The lowest BCUT2D eigenvalue weighted by Crippen LogP contribution is -2.36. The molecule has 1 N–H and O–H groups in total. The van der Waals surface area contributed by atoms with Gasteiger partial charge in [0.1, 0.15) is 11.9 Å². The lowest BCUT2D eigenvalue weighted by molar-refractivity contribution is -0.121. The van der Waals surface area contributed by atoms with Crippen molar-refractivity contribution in [2.75, 3.05) is 19.6 Å². The van der Waals surface area contributed by atoms with Crippen LogP contribution in [0.3, 0.4) is 0 Å². The number of carbonyl (C=O) groups excluding carboxylic acids is 1. The fourth-order valence-corrected chi connectivity index (χ4v) is 3.56. The van der Waals surface area contributed by atoms with Crippen LogP contribution in [0.15, 0.2) is 48.8 Å². The summed E-state index contributed by atoms with van der Waals surface area (Å²) in [6.07, 6.45) is 8.49. The molecule has 1 unspecified atom stereocenters. The summed E-state index contributed by atoms with van der Waals surface area (Å²) in [5, 5.41) is 3.03. The van der Waals surface area contributed by atoms with Crippen molar-refractivity contribution < 1.29 is 9.53 Å². The minimum absolute atomic E-state index is 0.109. The summed E-state index contributed by atoms with van der Waals surface area (Å²) < 4.78 is 6.26. The van der Waals surface area contributed by atoms with Crippen LogP contribution < -0.4 is 10.1 Å². The molecule has 150 valence electrons. The summed E-state index contributed by atoms with van der Waals surface area (Å²) in [6, 6.07) is 12.2. The van der Waals surface area contributed by atoms with Crippen LogP contribution >= 0.6 is 0 Å². The molecular weight excluding hydrogens is 350 g/mol. The van der Waals surface area contributed by atoms with E-state index in [4.69, 9.17) is 4.74 Å². The molecule has 1 aliphatic heterocycles. The number of ether oxygens (including phenoxy) is 1. The smallest absolute Gasteiger partial charge is 0.221 e. The third-order valence-corrected chi connectivity index (χ3v) is 5.14. The zero-order valence-corrected chi connectivity index (χ0v) is 16.8. The van der Waals surface area contributed by atoms with Crippen molar-refractivity contribution in [1.29, 1.82) is 0 Å². The maximum absolute atomic E-state index is 12.3. The van der Waals surface area contributed by atoms with Crippen LogP contribution in [0, 0.1) is 0 Å². The number of rotatable bonds is 9. The Balaban J connectivity index is 1.48. The van der Waals surface area contributed by atoms with Gasteiger partial charge in [0.25, 0.3) is 0 Å². The Kier molecular flexibility index (Phi) is 7.85. The van der Waals surface area contributed by atoms with Gasteiger partial charge in [-0.1, -0.05) is 31.5 Å². The number of unbranched alkanes of at least 4 members (excludes halogenated alkanes) is 1. The Bertz CT molecular complexity index is 736. The number of amides is 1. The number of aromatic nitrogens is 1. The molecule has 1 amide bonds. The van der Waals surface area contributed by atoms with Gasteiger partial charge in [-0.25, -0.2) is 0 Å². The van der Waals surface area contributed by atoms with Gasteiger partial charge < -0.3 is 10.1 Å². The first kappa shape index (κ1) is 20.3. The minimum atomic E-state index is 0.109. The zero-order chi connectivity index (χ0) is 19.6. The normalized spacial score (nSPS) is 16.7. The monoisotopic (exact) mass is 381 g/mol. The standard InChI is InChI=1S/C23H31N3O2/c1-2-3-7-21-18-26(17-20-6-4-5-8-22(20)28-21)16-12-23(27)25-15-11-19-9-13-24-14-10-19/h4-6,8-10,13-14,21H,2-3,7,11-12,15-18H2,1H3,(H,25,27). The van der Waals surface area contributed by atoms with Crippen molar-refractivity contribution in [3.05, 3.63) is 59.9 Å². The van der Waals surface area contributed by atoms with Crippen LogP contribution in [0.4, 0.5) is 0 Å². The molecule has 1 aliphatic rings. The molecule has 0 bridgehead atoms. The van der Waals surface area contributed by atoms with Crippen LogP contribution in [-0.4, -0.2) is 41.5 Å². The number of carbonyl (C=O) groups is 1. The molecule has 1 aromatic heterocycles. The Morgan fingerprint density at radius 3 is 2.89 bits per heavy atom. The zero-order valence-electron chi connectivity index (χ0n) is 16.8. The van der Waals surface area contributed by atoms with Crippen LogP contribution in [0.5, 0.6) is 5.75 Å². The summed E-state index contributed by atoms with van der Waals surface area (Å²) in [4.78, 5) is 18.7. The van der Waals surface area contributed by atoms with Gasteiger partial charge in [0.05, 0.1) is 0 Å². The van der Waals surface area contributed by atoms with E-state index < -0.39 is 0 Å².